The van der Waals surface area contributed by atoms with Crippen LogP contribution in [0.2, 0.25) is 0 Å². The van der Waals surface area contributed by atoms with E-state index in [0.717, 1.165) is 6.42 Å². The second-order valence-electron chi connectivity index (χ2n) is 13.2. The summed E-state index contributed by atoms with van der Waals surface area (Å²) >= 11 is 0. The Balaban J connectivity index is 1.57. The summed E-state index contributed by atoms with van der Waals surface area (Å²) in [4.78, 5) is 0. The maximum Gasteiger partial charge on any atom is -0.0105 e. The van der Waals surface area contributed by atoms with Gasteiger partial charge in [0.05, 0.1) is 0 Å². The molecule has 5 aromatic carbocycles. The summed E-state index contributed by atoms with van der Waals surface area (Å²) in [7, 11) is 0. The summed E-state index contributed by atoms with van der Waals surface area (Å²) in [5.74, 6) is 0. The van der Waals surface area contributed by atoms with Crippen LogP contribution in [0.15, 0.2) is 121 Å². The van der Waals surface area contributed by atoms with Crippen molar-refractivity contribution in [1.29, 1.82) is 0 Å². The predicted molar refractivity (Wildman–Crippen MR) is 207 cm³/mol. The molecule has 0 aliphatic carbocycles. The summed E-state index contributed by atoms with van der Waals surface area (Å²) in [5.41, 5.74) is 15.5. The molecular formula is C47H52. The van der Waals surface area contributed by atoms with E-state index in [-0.39, 0.29) is 0 Å². The fourth-order valence-electron chi connectivity index (χ4n) is 6.43. The standard InChI is InChI=1S/C47H52/c1-5-6-7-8-9-10-11-14-23-43-33-44(34-46(39-19-15-12-16-20-39)41-28-24-36(2)25-29-41)38(4)32-45(43)35-47(40-21-17-13-18-22-40)42-30-26-37(3)27-31-42/h12-13,15-22,24-35H,5-11,14,23H2,1-4H3. The Kier molecular flexibility index (Phi) is 12.6. The average Bonchev–Trinajstić information content (AvgIpc) is 3.10. The van der Waals surface area contributed by atoms with Gasteiger partial charge in [0.2, 0.25) is 0 Å². The Morgan fingerprint density at radius 3 is 1.36 bits per heavy atom. The molecule has 0 heterocycles. The van der Waals surface area contributed by atoms with Crippen LogP contribution in [0.3, 0.4) is 0 Å². The van der Waals surface area contributed by atoms with Gasteiger partial charge in [0, 0.05) is 0 Å². The van der Waals surface area contributed by atoms with Gasteiger partial charge in [-0.3, -0.25) is 0 Å². The Bertz CT molecular complexity index is 1730. The van der Waals surface area contributed by atoms with Crippen molar-refractivity contribution in [2.45, 2.75) is 85.5 Å². The van der Waals surface area contributed by atoms with Crippen molar-refractivity contribution in [3.05, 3.63) is 177 Å². The van der Waals surface area contributed by atoms with Crippen molar-refractivity contribution < 1.29 is 0 Å². The molecule has 0 atom stereocenters. The van der Waals surface area contributed by atoms with Gasteiger partial charge >= 0.3 is 0 Å². The molecule has 0 spiro atoms. The van der Waals surface area contributed by atoms with E-state index < -0.39 is 0 Å². The molecule has 0 N–H and O–H groups in total. The van der Waals surface area contributed by atoms with Crippen LogP contribution in [0, 0.1) is 20.8 Å². The molecule has 0 heteroatoms. The van der Waals surface area contributed by atoms with Crippen LogP contribution in [0.4, 0.5) is 0 Å². The van der Waals surface area contributed by atoms with Gasteiger partial charge < -0.3 is 0 Å². The highest BCUT2D eigenvalue weighted by molar-refractivity contribution is 5.94. The summed E-state index contributed by atoms with van der Waals surface area (Å²) in [6.07, 6.45) is 16.6. The first-order valence-electron chi connectivity index (χ1n) is 17.8. The second-order valence-corrected chi connectivity index (χ2v) is 13.2. The molecule has 0 nitrogen and oxygen atoms in total. The number of hydrogen-bond acceptors (Lipinski definition) is 0. The fourth-order valence-corrected chi connectivity index (χ4v) is 6.43. The highest BCUT2D eigenvalue weighted by Crippen LogP contribution is 2.32. The van der Waals surface area contributed by atoms with Crippen LogP contribution >= 0.6 is 0 Å². The lowest BCUT2D eigenvalue weighted by Gasteiger charge is -2.16. The average molecular weight is 617 g/mol. The van der Waals surface area contributed by atoms with Crippen LogP contribution in [-0.2, 0) is 6.42 Å². The van der Waals surface area contributed by atoms with Gasteiger partial charge in [0.1, 0.15) is 0 Å². The first kappa shape index (κ1) is 33.9. The molecule has 47 heavy (non-hydrogen) atoms. The maximum absolute atomic E-state index is 2.48. The third-order valence-corrected chi connectivity index (χ3v) is 9.32. The maximum atomic E-state index is 2.48. The van der Waals surface area contributed by atoms with Crippen LogP contribution in [0.1, 0.15) is 114 Å². The molecule has 0 bridgehead atoms. The Morgan fingerprint density at radius 2 is 0.872 bits per heavy atom. The first-order chi connectivity index (χ1) is 23.0. The van der Waals surface area contributed by atoms with E-state index >= 15 is 0 Å². The van der Waals surface area contributed by atoms with Gasteiger partial charge in [-0.1, -0.05) is 184 Å². The molecule has 240 valence electrons. The molecule has 0 radical (unpaired) electrons. The van der Waals surface area contributed by atoms with Gasteiger partial charge in [-0.25, -0.2) is 0 Å². The minimum atomic E-state index is 1.09. The molecule has 0 fully saturated rings. The minimum absolute atomic E-state index is 1.09. The van der Waals surface area contributed by atoms with Crippen molar-refractivity contribution in [3.8, 4) is 0 Å². The summed E-state index contributed by atoms with van der Waals surface area (Å²) in [6.45, 7) is 8.88. The van der Waals surface area contributed by atoms with E-state index in [1.54, 1.807) is 0 Å². The summed E-state index contributed by atoms with van der Waals surface area (Å²) in [6, 6.07) is 44.6. The van der Waals surface area contributed by atoms with E-state index in [1.165, 1.54) is 118 Å². The second kappa shape index (κ2) is 17.5. The van der Waals surface area contributed by atoms with Crippen LogP contribution in [0.25, 0.3) is 23.3 Å². The van der Waals surface area contributed by atoms with Gasteiger partial charge in [-0.15, -0.1) is 0 Å². The zero-order valence-electron chi connectivity index (χ0n) is 29.1. The van der Waals surface area contributed by atoms with Crippen molar-refractivity contribution in [1.82, 2.24) is 0 Å². The number of hydrogen-bond donors (Lipinski definition) is 0. The largest absolute Gasteiger partial charge is 0.0654 e. The topological polar surface area (TPSA) is 0 Å². The quantitative estimate of drug-likeness (QED) is 0.0811. The molecule has 0 aliphatic rings. The van der Waals surface area contributed by atoms with Crippen molar-refractivity contribution in [2.24, 2.45) is 0 Å². The Labute approximate surface area is 284 Å². The Morgan fingerprint density at radius 1 is 0.447 bits per heavy atom. The predicted octanol–water partition coefficient (Wildman–Crippen LogP) is 13.5. The lowest BCUT2D eigenvalue weighted by molar-refractivity contribution is 0.575. The van der Waals surface area contributed by atoms with Gasteiger partial charge in [0.25, 0.3) is 0 Å². The van der Waals surface area contributed by atoms with E-state index in [2.05, 4.69) is 161 Å². The number of benzene rings is 5. The molecule has 0 aliphatic heterocycles. The molecule has 5 rings (SSSR count). The van der Waals surface area contributed by atoms with Crippen LogP contribution in [-0.4, -0.2) is 0 Å². The number of rotatable bonds is 15. The molecule has 0 amide bonds. The lowest BCUT2D eigenvalue weighted by Crippen LogP contribution is -1.97. The monoisotopic (exact) mass is 616 g/mol. The fraction of sp³-hybridized carbons (Fsp3) is 0.277. The molecular weight excluding hydrogens is 565 g/mol. The lowest BCUT2D eigenvalue weighted by atomic mass is 9.89. The summed E-state index contributed by atoms with van der Waals surface area (Å²) in [5, 5.41) is 0. The first-order valence-corrected chi connectivity index (χ1v) is 17.8. The van der Waals surface area contributed by atoms with Gasteiger partial charge in [-0.05, 0) is 101 Å². The third-order valence-electron chi connectivity index (χ3n) is 9.32. The van der Waals surface area contributed by atoms with Gasteiger partial charge in [0.15, 0.2) is 0 Å². The third kappa shape index (κ3) is 9.79. The van der Waals surface area contributed by atoms with E-state index in [9.17, 15) is 0 Å². The molecule has 0 saturated carbocycles. The Hall–Kier alpha value is -4.42. The van der Waals surface area contributed by atoms with E-state index in [4.69, 9.17) is 0 Å². The molecule has 0 unspecified atom stereocenters. The molecule has 0 saturated heterocycles. The minimum Gasteiger partial charge on any atom is -0.0654 e. The zero-order chi connectivity index (χ0) is 32.8. The van der Waals surface area contributed by atoms with E-state index in [0.29, 0.717) is 0 Å². The van der Waals surface area contributed by atoms with E-state index in [1.807, 2.05) is 0 Å². The normalized spacial score (nSPS) is 12.0. The number of unbranched alkanes of at least 4 members (excludes halogenated alkanes) is 7. The molecule has 0 aromatic heterocycles. The summed E-state index contributed by atoms with van der Waals surface area (Å²) < 4.78 is 0. The van der Waals surface area contributed by atoms with Gasteiger partial charge in [-0.2, -0.15) is 0 Å². The highest BCUT2D eigenvalue weighted by atomic mass is 14.2. The van der Waals surface area contributed by atoms with Crippen molar-refractivity contribution in [2.75, 3.05) is 0 Å². The SMILES string of the molecule is CCCCCCCCCCc1cc(C=C(c2ccccc2)c2ccc(C)cc2)c(C)cc1C=C(c1ccccc1)c1ccc(C)cc1. The smallest absolute Gasteiger partial charge is 0.0105 e. The van der Waals surface area contributed by atoms with Crippen molar-refractivity contribution in [3.63, 3.8) is 0 Å². The van der Waals surface area contributed by atoms with Crippen LogP contribution < -0.4 is 0 Å². The van der Waals surface area contributed by atoms with Crippen molar-refractivity contribution >= 4 is 23.3 Å². The zero-order valence-corrected chi connectivity index (χ0v) is 29.1. The highest BCUT2D eigenvalue weighted by Gasteiger charge is 2.12. The molecule has 5 aromatic rings. The number of aryl methyl sites for hydroxylation is 4. The van der Waals surface area contributed by atoms with Crippen LogP contribution in [0.5, 0.6) is 0 Å².